The summed E-state index contributed by atoms with van der Waals surface area (Å²) in [5.74, 6) is 0.812. The SMILES string of the molecule is CCc1cc(Nc2nccn3c(I)cnc23)ccc1C(=O)N1CCNCC1.Cl. The van der Waals surface area contributed by atoms with Crippen molar-refractivity contribution in [2.24, 2.45) is 0 Å². The summed E-state index contributed by atoms with van der Waals surface area (Å²) in [7, 11) is 0. The Balaban J connectivity index is 0.00000225. The Morgan fingerprint density at radius 2 is 2.07 bits per heavy atom. The average molecular weight is 513 g/mol. The highest BCUT2D eigenvalue weighted by molar-refractivity contribution is 14.1. The number of piperazine rings is 1. The number of benzene rings is 1. The van der Waals surface area contributed by atoms with Gasteiger partial charge in [0, 0.05) is 49.8 Å². The second kappa shape index (κ2) is 9.06. The smallest absolute Gasteiger partial charge is 0.254 e. The van der Waals surface area contributed by atoms with E-state index < -0.39 is 0 Å². The molecule has 4 rings (SSSR count). The van der Waals surface area contributed by atoms with Crippen LogP contribution in [0.1, 0.15) is 22.8 Å². The number of amides is 1. The van der Waals surface area contributed by atoms with Crippen LogP contribution in [0.4, 0.5) is 11.5 Å². The van der Waals surface area contributed by atoms with E-state index in [-0.39, 0.29) is 18.3 Å². The van der Waals surface area contributed by atoms with E-state index in [1.165, 1.54) is 0 Å². The van der Waals surface area contributed by atoms with Gasteiger partial charge in [0.25, 0.3) is 5.91 Å². The van der Waals surface area contributed by atoms with Gasteiger partial charge in [-0.25, -0.2) is 9.97 Å². The quantitative estimate of drug-likeness (QED) is 0.526. The molecular formula is C19H22ClIN6O. The predicted octanol–water partition coefficient (Wildman–Crippen LogP) is 3.11. The molecule has 0 atom stereocenters. The predicted molar refractivity (Wildman–Crippen MR) is 121 cm³/mol. The number of imidazole rings is 1. The number of carbonyl (C=O) groups excluding carboxylic acids is 1. The number of nitrogens with zero attached hydrogens (tertiary/aromatic N) is 4. The molecule has 3 heterocycles. The van der Waals surface area contributed by atoms with Crippen molar-refractivity contribution in [1.82, 2.24) is 24.6 Å². The highest BCUT2D eigenvalue weighted by Gasteiger charge is 2.20. The van der Waals surface area contributed by atoms with Crippen LogP contribution in [-0.2, 0) is 6.42 Å². The fourth-order valence-electron chi connectivity index (χ4n) is 3.33. The van der Waals surface area contributed by atoms with E-state index in [1.54, 1.807) is 6.20 Å². The molecule has 0 bridgehead atoms. The standard InChI is InChI=1S/C19H21IN6O.ClH/c1-2-13-11-14(3-4-15(13)19(27)25-8-5-21-6-9-25)24-17-18-23-12-16(20)26(18)10-7-22-17;/h3-4,7,10-12,21H,2,5-6,8-9H2,1H3,(H,22,24);1H. The number of aryl methyl sites for hydroxylation is 1. The van der Waals surface area contributed by atoms with Gasteiger partial charge in [-0.05, 0) is 52.8 Å². The molecule has 3 aromatic rings. The Hall–Kier alpha value is -1.91. The van der Waals surface area contributed by atoms with Crippen LogP contribution in [0.15, 0.2) is 36.8 Å². The minimum Gasteiger partial charge on any atom is -0.337 e. The fraction of sp³-hybridized carbons (Fsp3) is 0.316. The van der Waals surface area contributed by atoms with Gasteiger partial charge in [-0.1, -0.05) is 6.92 Å². The van der Waals surface area contributed by atoms with Crippen LogP contribution in [0.3, 0.4) is 0 Å². The fourth-order valence-corrected chi connectivity index (χ4v) is 3.85. The zero-order chi connectivity index (χ0) is 18.8. The molecule has 0 unspecified atom stereocenters. The molecule has 9 heteroatoms. The molecule has 0 aliphatic carbocycles. The summed E-state index contributed by atoms with van der Waals surface area (Å²) in [6.45, 7) is 5.29. The van der Waals surface area contributed by atoms with Crippen LogP contribution >= 0.6 is 35.0 Å². The highest BCUT2D eigenvalue weighted by Crippen LogP contribution is 2.24. The van der Waals surface area contributed by atoms with Crippen LogP contribution in [0.2, 0.25) is 0 Å². The summed E-state index contributed by atoms with van der Waals surface area (Å²) >= 11 is 2.24. The van der Waals surface area contributed by atoms with E-state index in [2.05, 4.69) is 50.1 Å². The minimum atomic E-state index is 0. The molecule has 0 saturated carbocycles. The summed E-state index contributed by atoms with van der Waals surface area (Å²) < 4.78 is 3.01. The Morgan fingerprint density at radius 3 is 2.82 bits per heavy atom. The summed E-state index contributed by atoms with van der Waals surface area (Å²) in [5.41, 5.74) is 3.50. The maximum absolute atomic E-state index is 12.9. The molecule has 7 nitrogen and oxygen atoms in total. The first kappa shape index (κ1) is 20.8. The lowest BCUT2D eigenvalue weighted by molar-refractivity contribution is 0.0735. The molecule has 0 radical (unpaired) electrons. The summed E-state index contributed by atoms with van der Waals surface area (Å²) in [6.07, 6.45) is 6.25. The third kappa shape index (κ3) is 4.08. The number of anilines is 2. The summed E-state index contributed by atoms with van der Waals surface area (Å²) in [4.78, 5) is 23.7. The Morgan fingerprint density at radius 1 is 1.29 bits per heavy atom. The Labute approximate surface area is 183 Å². The van der Waals surface area contributed by atoms with Gasteiger partial charge in [-0.2, -0.15) is 0 Å². The molecule has 0 spiro atoms. The van der Waals surface area contributed by atoms with Gasteiger partial charge in [-0.3, -0.25) is 9.20 Å². The van der Waals surface area contributed by atoms with Gasteiger partial charge < -0.3 is 15.5 Å². The lowest BCUT2D eigenvalue weighted by Gasteiger charge is -2.28. The van der Waals surface area contributed by atoms with Gasteiger partial charge in [0.1, 0.15) is 3.70 Å². The third-order valence-corrected chi connectivity index (χ3v) is 5.56. The van der Waals surface area contributed by atoms with Crippen molar-refractivity contribution in [3.63, 3.8) is 0 Å². The zero-order valence-corrected chi connectivity index (χ0v) is 18.5. The second-order valence-electron chi connectivity index (χ2n) is 6.44. The number of hydrogen-bond donors (Lipinski definition) is 2. The molecule has 1 aliphatic rings. The van der Waals surface area contributed by atoms with Gasteiger partial charge in [-0.15, -0.1) is 12.4 Å². The molecule has 1 amide bonds. The van der Waals surface area contributed by atoms with Gasteiger partial charge in [0.05, 0.1) is 6.20 Å². The first-order chi connectivity index (χ1) is 13.2. The highest BCUT2D eigenvalue weighted by atomic mass is 127. The number of nitrogens with one attached hydrogen (secondary N) is 2. The Bertz CT molecular complexity index is 986. The number of hydrogen-bond acceptors (Lipinski definition) is 5. The second-order valence-corrected chi connectivity index (χ2v) is 7.55. The van der Waals surface area contributed by atoms with Crippen LogP contribution in [-0.4, -0.2) is 51.4 Å². The maximum Gasteiger partial charge on any atom is 0.254 e. The zero-order valence-electron chi connectivity index (χ0n) is 15.5. The first-order valence-electron chi connectivity index (χ1n) is 9.05. The number of carbonyl (C=O) groups is 1. The van der Waals surface area contributed by atoms with E-state index in [9.17, 15) is 4.79 Å². The lowest BCUT2D eigenvalue weighted by Crippen LogP contribution is -2.46. The third-order valence-electron chi connectivity index (χ3n) is 4.77. The van der Waals surface area contributed by atoms with E-state index in [0.29, 0.717) is 5.82 Å². The number of rotatable bonds is 4. The molecule has 28 heavy (non-hydrogen) atoms. The Kier molecular flexibility index (Phi) is 6.73. The molecule has 1 aliphatic heterocycles. The first-order valence-corrected chi connectivity index (χ1v) is 10.1. The number of fused-ring (bicyclic) bond motifs is 1. The van der Waals surface area contributed by atoms with Crippen LogP contribution in [0.25, 0.3) is 5.65 Å². The molecular weight excluding hydrogens is 491 g/mol. The molecule has 2 N–H and O–H groups in total. The van der Waals surface area contributed by atoms with Crippen LogP contribution < -0.4 is 10.6 Å². The van der Waals surface area contributed by atoms with Gasteiger partial charge >= 0.3 is 0 Å². The van der Waals surface area contributed by atoms with Crippen molar-refractivity contribution in [2.75, 3.05) is 31.5 Å². The van der Waals surface area contributed by atoms with E-state index in [0.717, 1.165) is 58.8 Å². The van der Waals surface area contributed by atoms with E-state index in [1.807, 2.05) is 39.9 Å². The van der Waals surface area contributed by atoms with Crippen molar-refractivity contribution in [1.29, 1.82) is 0 Å². The molecule has 1 aromatic carbocycles. The normalized spacial score (nSPS) is 14.0. The van der Waals surface area contributed by atoms with Crippen molar-refractivity contribution in [2.45, 2.75) is 13.3 Å². The molecule has 1 fully saturated rings. The molecule has 148 valence electrons. The van der Waals surface area contributed by atoms with E-state index >= 15 is 0 Å². The topological polar surface area (TPSA) is 74.6 Å². The van der Waals surface area contributed by atoms with Crippen LogP contribution in [0.5, 0.6) is 0 Å². The summed E-state index contributed by atoms with van der Waals surface area (Å²) in [5, 5.41) is 6.63. The number of halogens is 2. The van der Waals surface area contributed by atoms with Crippen LogP contribution in [0, 0.1) is 3.70 Å². The molecule has 1 saturated heterocycles. The summed E-state index contributed by atoms with van der Waals surface area (Å²) in [6, 6.07) is 5.89. The monoisotopic (exact) mass is 512 g/mol. The van der Waals surface area contributed by atoms with Crippen molar-refractivity contribution in [3.05, 3.63) is 51.6 Å². The van der Waals surface area contributed by atoms with Gasteiger partial charge in [0.15, 0.2) is 11.5 Å². The van der Waals surface area contributed by atoms with E-state index in [4.69, 9.17) is 0 Å². The van der Waals surface area contributed by atoms with Crippen molar-refractivity contribution < 1.29 is 4.79 Å². The largest absolute Gasteiger partial charge is 0.337 e. The van der Waals surface area contributed by atoms with Crippen molar-refractivity contribution in [3.8, 4) is 0 Å². The minimum absolute atomic E-state index is 0. The number of aromatic nitrogens is 3. The lowest BCUT2D eigenvalue weighted by atomic mass is 10.0. The van der Waals surface area contributed by atoms with Gasteiger partial charge in [0.2, 0.25) is 0 Å². The maximum atomic E-state index is 12.9. The van der Waals surface area contributed by atoms with Crippen molar-refractivity contribution >= 4 is 58.1 Å². The molecule has 2 aromatic heterocycles. The average Bonchev–Trinajstić information content (AvgIpc) is 3.10.